The van der Waals surface area contributed by atoms with Crippen molar-refractivity contribution in [2.75, 3.05) is 16.0 Å². The lowest BCUT2D eigenvalue weighted by molar-refractivity contribution is -0.137. The normalized spacial score (nSPS) is 17.5. The van der Waals surface area contributed by atoms with Crippen LogP contribution >= 0.6 is 11.8 Å². The Hall–Kier alpha value is -2.48. The average Bonchev–Trinajstić information content (AvgIpc) is 3.15. The van der Waals surface area contributed by atoms with Gasteiger partial charge in [-0.05, 0) is 54.8 Å². The van der Waals surface area contributed by atoms with E-state index in [-0.39, 0.29) is 28.9 Å². The summed E-state index contributed by atoms with van der Waals surface area (Å²) in [4.78, 5) is 26.5. The van der Waals surface area contributed by atoms with Gasteiger partial charge >= 0.3 is 6.18 Å². The van der Waals surface area contributed by atoms with Crippen molar-refractivity contribution in [1.82, 2.24) is 0 Å². The molecule has 0 bridgehead atoms. The van der Waals surface area contributed by atoms with E-state index in [1.54, 1.807) is 12.1 Å². The molecule has 8 heteroatoms. The molecule has 0 saturated carbocycles. The minimum atomic E-state index is -4.42. The number of unbranched alkanes of at least 4 members (excludes halogenated alkanes) is 1. The number of thioether (sulfide) groups is 1. The van der Waals surface area contributed by atoms with E-state index in [0.29, 0.717) is 11.4 Å². The second-order valence-corrected chi connectivity index (χ2v) is 8.90. The van der Waals surface area contributed by atoms with E-state index in [1.165, 1.54) is 28.8 Å². The summed E-state index contributed by atoms with van der Waals surface area (Å²) in [5, 5.41) is 2.62. The number of hydrogen-bond donors (Lipinski definition) is 1. The molecule has 4 nitrogen and oxygen atoms in total. The molecule has 0 spiro atoms. The van der Waals surface area contributed by atoms with Gasteiger partial charge in [0.15, 0.2) is 0 Å². The number of rotatable bonds is 8. The summed E-state index contributed by atoms with van der Waals surface area (Å²) in [7, 11) is 0. The molecule has 0 aromatic heterocycles. The lowest BCUT2D eigenvalue weighted by atomic mass is 9.98. The lowest BCUT2D eigenvalue weighted by Crippen LogP contribution is -2.28. The van der Waals surface area contributed by atoms with Crippen LogP contribution in [0.2, 0.25) is 0 Å². The first-order chi connectivity index (χ1) is 15.2. The minimum absolute atomic E-state index is 0.00509. The molecule has 172 valence electrons. The SMILES string of the molecule is CCCC[C@H](CC)C(=O)Nc1ccc([C@@H]2SCC(=O)N2c2ccc(C(F)(F)F)cc2)cc1. The number of amides is 2. The highest BCUT2D eigenvalue weighted by Gasteiger charge is 2.35. The maximum Gasteiger partial charge on any atom is 0.416 e. The van der Waals surface area contributed by atoms with E-state index in [2.05, 4.69) is 12.2 Å². The zero-order chi connectivity index (χ0) is 23.3. The zero-order valence-corrected chi connectivity index (χ0v) is 18.9. The van der Waals surface area contributed by atoms with Crippen LogP contribution < -0.4 is 10.2 Å². The van der Waals surface area contributed by atoms with Crippen LogP contribution in [-0.2, 0) is 15.8 Å². The van der Waals surface area contributed by atoms with Crippen molar-refractivity contribution < 1.29 is 22.8 Å². The summed E-state index contributed by atoms with van der Waals surface area (Å²) in [5.74, 6) is 0.0805. The van der Waals surface area contributed by atoms with Crippen LogP contribution in [0.5, 0.6) is 0 Å². The molecule has 1 fully saturated rings. The van der Waals surface area contributed by atoms with Crippen LogP contribution in [0.25, 0.3) is 0 Å². The molecule has 1 heterocycles. The highest BCUT2D eigenvalue weighted by molar-refractivity contribution is 8.00. The van der Waals surface area contributed by atoms with Gasteiger partial charge in [-0.1, -0.05) is 38.8 Å². The molecule has 0 unspecified atom stereocenters. The fraction of sp³-hybridized carbons (Fsp3) is 0.417. The van der Waals surface area contributed by atoms with E-state index >= 15 is 0 Å². The average molecular weight is 465 g/mol. The molecule has 1 N–H and O–H groups in total. The lowest BCUT2D eigenvalue weighted by Gasteiger charge is -2.25. The van der Waals surface area contributed by atoms with Crippen molar-refractivity contribution >= 4 is 35.0 Å². The summed E-state index contributed by atoms with van der Waals surface area (Å²) in [6.45, 7) is 4.11. The fourth-order valence-electron chi connectivity index (χ4n) is 3.71. The smallest absolute Gasteiger partial charge is 0.326 e. The van der Waals surface area contributed by atoms with Gasteiger partial charge in [0.05, 0.1) is 11.3 Å². The molecular formula is C24H27F3N2O2S. The Bertz CT molecular complexity index is 930. The Kier molecular flexibility index (Phi) is 7.87. The van der Waals surface area contributed by atoms with Gasteiger partial charge in [-0.2, -0.15) is 13.2 Å². The van der Waals surface area contributed by atoms with Gasteiger partial charge in [0.1, 0.15) is 5.37 Å². The molecule has 0 aliphatic carbocycles. The third-order valence-electron chi connectivity index (χ3n) is 5.57. The fourth-order valence-corrected chi connectivity index (χ4v) is 4.88. The molecule has 0 radical (unpaired) electrons. The molecule has 1 saturated heterocycles. The van der Waals surface area contributed by atoms with E-state index in [9.17, 15) is 22.8 Å². The summed E-state index contributed by atoms with van der Waals surface area (Å²) < 4.78 is 38.6. The monoisotopic (exact) mass is 464 g/mol. The number of benzene rings is 2. The number of nitrogens with one attached hydrogen (secondary N) is 1. The van der Waals surface area contributed by atoms with E-state index in [4.69, 9.17) is 0 Å². The number of halogens is 3. The summed E-state index contributed by atoms with van der Waals surface area (Å²) in [5.41, 5.74) is 1.21. The van der Waals surface area contributed by atoms with Gasteiger partial charge in [-0.25, -0.2) is 0 Å². The largest absolute Gasteiger partial charge is 0.416 e. The third kappa shape index (κ3) is 5.65. The Morgan fingerprint density at radius 2 is 1.78 bits per heavy atom. The predicted molar refractivity (Wildman–Crippen MR) is 123 cm³/mol. The second kappa shape index (κ2) is 10.4. The number of carbonyl (C=O) groups excluding carboxylic acids is 2. The van der Waals surface area contributed by atoms with Crippen LogP contribution in [0, 0.1) is 5.92 Å². The molecule has 2 amide bonds. The maximum absolute atomic E-state index is 12.9. The highest BCUT2D eigenvalue weighted by Crippen LogP contribution is 2.42. The topological polar surface area (TPSA) is 49.4 Å². The van der Waals surface area contributed by atoms with Crippen molar-refractivity contribution in [2.24, 2.45) is 5.92 Å². The number of anilines is 2. The summed E-state index contributed by atoms with van der Waals surface area (Å²) in [6, 6.07) is 11.9. The van der Waals surface area contributed by atoms with Crippen molar-refractivity contribution in [1.29, 1.82) is 0 Å². The van der Waals surface area contributed by atoms with Gasteiger partial charge in [-0.15, -0.1) is 11.8 Å². The molecular weight excluding hydrogens is 437 g/mol. The number of alkyl halides is 3. The van der Waals surface area contributed by atoms with Gasteiger partial charge in [0.25, 0.3) is 0 Å². The standard InChI is InChI=1S/C24H27F3N2O2S/c1-3-5-6-16(4-2)22(31)28-19-11-7-17(8-12-19)23-29(21(30)15-32-23)20-13-9-18(10-14-20)24(25,26)27/h7-14,16,23H,3-6,15H2,1-2H3,(H,28,31)/t16-,23-/m0/s1. The van der Waals surface area contributed by atoms with Crippen molar-refractivity contribution in [2.45, 2.75) is 51.1 Å². The van der Waals surface area contributed by atoms with E-state index in [1.807, 2.05) is 19.1 Å². The van der Waals surface area contributed by atoms with Crippen LogP contribution in [0.4, 0.5) is 24.5 Å². The molecule has 2 aromatic carbocycles. The summed E-state index contributed by atoms with van der Waals surface area (Å²) in [6.07, 6.45) is -0.717. The second-order valence-electron chi connectivity index (χ2n) is 7.83. The van der Waals surface area contributed by atoms with Gasteiger partial charge in [-0.3, -0.25) is 14.5 Å². The molecule has 2 aromatic rings. The Morgan fingerprint density at radius 1 is 1.12 bits per heavy atom. The Balaban J connectivity index is 1.73. The van der Waals surface area contributed by atoms with Crippen LogP contribution in [0.3, 0.4) is 0 Å². The predicted octanol–water partition coefficient (Wildman–Crippen LogP) is 6.64. The molecule has 32 heavy (non-hydrogen) atoms. The number of nitrogens with zero attached hydrogens (tertiary/aromatic N) is 1. The first-order valence-corrected chi connectivity index (χ1v) is 11.8. The van der Waals surface area contributed by atoms with Crippen LogP contribution in [0.1, 0.15) is 56.0 Å². The first-order valence-electron chi connectivity index (χ1n) is 10.8. The van der Waals surface area contributed by atoms with Crippen LogP contribution in [-0.4, -0.2) is 17.6 Å². The van der Waals surface area contributed by atoms with E-state index in [0.717, 1.165) is 43.4 Å². The quantitative estimate of drug-likeness (QED) is 0.476. The maximum atomic E-state index is 12.9. The number of carbonyl (C=O) groups is 2. The first kappa shape index (κ1) is 24.2. The number of hydrogen-bond acceptors (Lipinski definition) is 3. The van der Waals surface area contributed by atoms with E-state index < -0.39 is 11.7 Å². The zero-order valence-electron chi connectivity index (χ0n) is 18.1. The van der Waals surface area contributed by atoms with Crippen molar-refractivity contribution in [3.63, 3.8) is 0 Å². The highest BCUT2D eigenvalue weighted by atomic mass is 32.2. The molecule has 3 rings (SSSR count). The van der Waals surface area contributed by atoms with Gasteiger partial charge < -0.3 is 5.32 Å². The Labute approximate surface area is 190 Å². The molecule has 1 aliphatic heterocycles. The summed E-state index contributed by atoms with van der Waals surface area (Å²) >= 11 is 1.42. The molecule has 2 atom stereocenters. The third-order valence-corrected chi connectivity index (χ3v) is 6.79. The van der Waals surface area contributed by atoms with Crippen LogP contribution in [0.15, 0.2) is 48.5 Å². The van der Waals surface area contributed by atoms with Crippen molar-refractivity contribution in [3.8, 4) is 0 Å². The molecule has 1 aliphatic rings. The van der Waals surface area contributed by atoms with Gasteiger partial charge in [0.2, 0.25) is 11.8 Å². The Morgan fingerprint density at radius 3 is 2.34 bits per heavy atom. The van der Waals surface area contributed by atoms with Gasteiger partial charge in [0, 0.05) is 17.3 Å². The minimum Gasteiger partial charge on any atom is -0.326 e. The van der Waals surface area contributed by atoms with Crippen molar-refractivity contribution in [3.05, 3.63) is 59.7 Å².